The minimum absolute atomic E-state index is 0.169. The van der Waals surface area contributed by atoms with Crippen LogP contribution in [0.5, 0.6) is 5.75 Å². The molecule has 0 aliphatic rings. The molecule has 5 heteroatoms. The van der Waals surface area contributed by atoms with E-state index in [4.69, 9.17) is 0 Å². The van der Waals surface area contributed by atoms with Gasteiger partial charge < -0.3 is 5.11 Å². The summed E-state index contributed by atoms with van der Waals surface area (Å²) in [5.74, 6) is -0.147. The summed E-state index contributed by atoms with van der Waals surface area (Å²) in [5.41, 5.74) is 4.41. The third kappa shape index (κ3) is 3.41. The summed E-state index contributed by atoms with van der Waals surface area (Å²) >= 11 is 0. The number of rotatable bonds is 4. The van der Waals surface area contributed by atoms with Crippen LogP contribution in [0, 0.1) is 0 Å². The highest BCUT2D eigenvalue weighted by molar-refractivity contribution is 6.02. The Morgan fingerprint density at radius 1 is 1.30 bits per heavy atom. The van der Waals surface area contributed by atoms with Gasteiger partial charge in [-0.2, -0.15) is 5.10 Å². The lowest BCUT2D eigenvalue weighted by molar-refractivity contribution is 0.0954. The molecule has 0 fully saturated rings. The Bertz CT molecular complexity index is 624. The largest absolute Gasteiger partial charge is 0.508 e. The van der Waals surface area contributed by atoms with Gasteiger partial charge in [0, 0.05) is 18.0 Å². The van der Waals surface area contributed by atoms with Crippen LogP contribution in [0.15, 0.2) is 53.9 Å². The van der Waals surface area contributed by atoms with E-state index in [9.17, 15) is 9.90 Å². The summed E-state index contributed by atoms with van der Waals surface area (Å²) in [5, 5.41) is 13.6. The van der Waals surface area contributed by atoms with E-state index in [1.807, 2.05) is 13.0 Å². The fraction of sp³-hybridized carbons (Fsp3) is 0.133. The lowest BCUT2D eigenvalue weighted by Crippen LogP contribution is -2.20. The number of nitrogens with one attached hydrogen (secondary N) is 1. The van der Waals surface area contributed by atoms with Crippen molar-refractivity contribution in [3.05, 3.63) is 59.9 Å². The minimum Gasteiger partial charge on any atom is -0.508 e. The fourth-order valence-electron chi connectivity index (χ4n) is 1.71. The summed E-state index contributed by atoms with van der Waals surface area (Å²) in [6.07, 6.45) is 3.71. The van der Waals surface area contributed by atoms with Crippen LogP contribution < -0.4 is 5.43 Å². The number of aromatic nitrogens is 1. The Balaban J connectivity index is 2.14. The second kappa shape index (κ2) is 6.47. The van der Waals surface area contributed by atoms with Crippen LogP contribution in [-0.2, 0) is 0 Å². The topological polar surface area (TPSA) is 74.6 Å². The second-order valence-electron chi connectivity index (χ2n) is 4.15. The van der Waals surface area contributed by atoms with Crippen molar-refractivity contribution < 1.29 is 9.90 Å². The number of benzene rings is 1. The summed E-state index contributed by atoms with van der Waals surface area (Å²) < 4.78 is 0. The molecule has 0 aliphatic heterocycles. The summed E-state index contributed by atoms with van der Waals surface area (Å²) in [6, 6.07) is 10.1. The van der Waals surface area contributed by atoms with E-state index in [0.717, 1.165) is 5.56 Å². The molecule has 2 rings (SSSR count). The first kappa shape index (κ1) is 13.7. The van der Waals surface area contributed by atoms with Gasteiger partial charge in [0.15, 0.2) is 0 Å². The van der Waals surface area contributed by atoms with E-state index in [1.165, 1.54) is 6.20 Å². The molecule has 0 aliphatic carbocycles. The minimum atomic E-state index is -0.316. The highest BCUT2D eigenvalue weighted by Crippen LogP contribution is 2.13. The third-order valence-corrected chi connectivity index (χ3v) is 2.73. The van der Waals surface area contributed by atoms with Crippen LogP contribution in [-0.4, -0.2) is 21.7 Å². The van der Waals surface area contributed by atoms with Gasteiger partial charge in [0.2, 0.25) is 0 Å². The number of aromatic hydroxyl groups is 1. The monoisotopic (exact) mass is 269 g/mol. The van der Waals surface area contributed by atoms with Crippen molar-refractivity contribution in [3.8, 4) is 5.75 Å². The fourth-order valence-corrected chi connectivity index (χ4v) is 1.71. The number of phenols is 1. The maximum Gasteiger partial charge on any atom is 0.272 e. The van der Waals surface area contributed by atoms with Gasteiger partial charge in [-0.3, -0.25) is 9.78 Å². The molecule has 1 aromatic heterocycles. The number of nitrogens with zero attached hydrogens (tertiary/aromatic N) is 2. The number of hydrogen-bond acceptors (Lipinski definition) is 4. The van der Waals surface area contributed by atoms with Gasteiger partial charge in [0.1, 0.15) is 5.75 Å². The molecule has 20 heavy (non-hydrogen) atoms. The predicted octanol–water partition coefficient (Wildman–Crippen LogP) is 2.33. The molecule has 0 bridgehead atoms. The van der Waals surface area contributed by atoms with Crippen molar-refractivity contribution >= 4 is 11.6 Å². The quantitative estimate of drug-likeness (QED) is 0.660. The number of hydrazone groups is 1. The Morgan fingerprint density at radius 2 is 2.10 bits per heavy atom. The van der Waals surface area contributed by atoms with Crippen LogP contribution in [0.2, 0.25) is 0 Å². The predicted molar refractivity (Wildman–Crippen MR) is 76.6 cm³/mol. The van der Waals surface area contributed by atoms with Crippen LogP contribution in [0.25, 0.3) is 0 Å². The first-order valence-electron chi connectivity index (χ1n) is 6.27. The first-order valence-corrected chi connectivity index (χ1v) is 6.27. The number of pyridine rings is 1. The lowest BCUT2D eigenvalue weighted by Gasteiger charge is -2.05. The Kier molecular flexibility index (Phi) is 4.44. The van der Waals surface area contributed by atoms with Crippen molar-refractivity contribution in [1.29, 1.82) is 0 Å². The molecule has 1 aromatic carbocycles. The molecule has 2 N–H and O–H groups in total. The number of carbonyl (C=O) groups is 1. The summed E-state index contributed by atoms with van der Waals surface area (Å²) in [4.78, 5) is 15.7. The van der Waals surface area contributed by atoms with E-state index in [0.29, 0.717) is 17.7 Å². The average molecular weight is 269 g/mol. The van der Waals surface area contributed by atoms with Crippen molar-refractivity contribution in [2.45, 2.75) is 13.3 Å². The third-order valence-electron chi connectivity index (χ3n) is 2.73. The van der Waals surface area contributed by atoms with Crippen molar-refractivity contribution in [2.75, 3.05) is 0 Å². The highest BCUT2D eigenvalue weighted by Gasteiger charge is 2.06. The second-order valence-corrected chi connectivity index (χ2v) is 4.15. The maximum absolute atomic E-state index is 11.9. The zero-order valence-corrected chi connectivity index (χ0v) is 11.1. The van der Waals surface area contributed by atoms with Gasteiger partial charge in [-0.05, 0) is 30.7 Å². The molecule has 0 saturated heterocycles. The molecule has 5 nitrogen and oxygen atoms in total. The number of carbonyl (C=O) groups excluding carboxylic acids is 1. The number of hydrogen-bond donors (Lipinski definition) is 2. The standard InChI is InChI=1S/C15H15N3O2/c1-2-14(11-5-3-7-13(19)9-11)17-18-15(20)12-6-4-8-16-10-12/h3-10,19H,2H2,1H3,(H,18,20). The van der Waals surface area contributed by atoms with Crippen LogP contribution in [0.3, 0.4) is 0 Å². The molecular formula is C15H15N3O2. The van der Waals surface area contributed by atoms with E-state index in [-0.39, 0.29) is 11.7 Å². The molecular weight excluding hydrogens is 254 g/mol. The number of phenolic OH excluding ortho intramolecular Hbond substituents is 1. The maximum atomic E-state index is 11.9. The van der Waals surface area contributed by atoms with Crippen LogP contribution in [0.1, 0.15) is 29.3 Å². The highest BCUT2D eigenvalue weighted by atomic mass is 16.3. The molecule has 102 valence electrons. The summed E-state index contributed by atoms with van der Waals surface area (Å²) in [6.45, 7) is 1.93. The molecule has 1 amide bonds. The molecule has 2 aromatic rings. The van der Waals surface area contributed by atoms with Crippen molar-refractivity contribution in [2.24, 2.45) is 5.10 Å². The zero-order chi connectivity index (χ0) is 14.4. The van der Waals surface area contributed by atoms with Gasteiger partial charge >= 0.3 is 0 Å². The van der Waals surface area contributed by atoms with E-state index < -0.39 is 0 Å². The van der Waals surface area contributed by atoms with Crippen LogP contribution >= 0.6 is 0 Å². The zero-order valence-electron chi connectivity index (χ0n) is 11.1. The normalized spacial score (nSPS) is 11.2. The summed E-state index contributed by atoms with van der Waals surface area (Å²) in [7, 11) is 0. The Hall–Kier alpha value is -2.69. The van der Waals surface area contributed by atoms with E-state index >= 15 is 0 Å². The van der Waals surface area contributed by atoms with Crippen molar-refractivity contribution in [3.63, 3.8) is 0 Å². The molecule has 0 atom stereocenters. The Labute approximate surface area is 117 Å². The van der Waals surface area contributed by atoms with Gasteiger partial charge in [0.05, 0.1) is 11.3 Å². The molecule has 0 spiro atoms. The van der Waals surface area contributed by atoms with E-state index in [1.54, 1.807) is 36.5 Å². The first-order chi connectivity index (χ1) is 9.70. The molecule has 0 radical (unpaired) electrons. The van der Waals surface area contributed by atoms with Crippen molar-refractivity contribution in [1.82, 2.24) is 10.4 Å². The SMILES string of the molecule is CCC(=NNC(=O)c1cccnc1)c1cccc(O)c1. The van der Waals surface area contributed by atoms with Gasteiger partial charge in [-0.15, -0.1) is 0 Å². The number of amides is 1. The van der Waals surface area contributed by atoms with Gasteiger partial charge in [-0.1, -0.05) is 19.1 Å². The molecule has 0 unspecified atom stereocenters. The van der Waals surface area contributed by atoms with E-state index in [2.05, 4.69) is 15.5 Å². The lowest BCUT2D eigenvalue weighted by atomic mass is 10.1. The van der Waals surface area contributed by atoms with Gasteiger partial charge in [0.25, 0.3) is 5.91 Å². The van der Waals surface area contributed by atoms with Gasteiger partial charge in [-0.25, -0.2) is 5.43 Å². The molecule has 1 heterocycles. The Morgan fingerprint density at radius 3 is 2.75 bits per heavy atom. The van der Waals surface area contributed by atoms with Crippen LogP contribution in [0.4, 0.5) is 0 Å². The molecule has 0 saturated carbocycles. The average Bonchev–Trinajstić information content (AvgIpc) is 2.48. The smallest absolute Gasteiger partial charge is 0.272 e.